The van der Waals surface area contributed by atoms with Gasteiger partial charge in [-0.25, -0.2) is 0 Å². The van der Waals surface area contributed by atoms with Crippen molar-refractivity contribution in [1.29, 1.82) is 0 Å². The average molecular weight is 316 g/mol. The molecule has 1 unspecified atom stereocenters. The number of ether oxygens (including phenoxy) is 2. The zero-order valence-electron chi connectivity index (χ0n) is 13.2. The van der Waals surface area contributed by atoms with E-state index in [1.807, 2.05) is 26.0 Å². The molecule has 0 fully saturated rings. The van der Waals surface area contributed by atoms with Crippen LogP contribution in [0.4, 0.5) is 5.69 Å². The number of carbonyl (C=O) groups is 1. The van der Waals surface area contributed by atoms with Crippen LogP contribution in [0.3, 0.4) is 0 Å². The molecule has 3 rings (SSSR count). The van der Waals surface area contributed by atoms with Crippen molar-refractivity contribution >= 4 is 11.6 Å². The minimum Gasteiger partial charge on any atom is -0.492 e. The van der Waals surface area contributed by atoms with Gasteiger partial charge in [0.25, 0.3) is 5.91 Å². The highest BCUT2D eigenvalue weighted by atomic mass is 16.5. The topological polar surface area (TPSA) is 86.7 Å². The summed E-state index contributed by atoms with van der Waals surface area (Å²) < 4.78 is 16.6. The molecule has 6 heteroatoms. The lowest BCUT2D eigenvalue weighted by Crippen LogP contribution is -2.12. The Hall–Kier alpha value is -2.47. The molecule has 1 aliphatic heterocycles. The van der Waals surface area contributed by atoms with E-state index in [1.165, 1.54) is 6.26 Å². The molecule has 1 atom stereocenters. The molecule has 2 heterocycles. The first-order valence-corrected chi connectivity index (χ1v) is 7.66. The summed E-state index contributed by atoms with van der Waals surface area (Å²) in [5, 5.41) is 2.85. The Kier molecular flexibility index (Phi) is 4.25. The second-order valence-corrected chi connectivity index (χ2v) is 5.48. The van der Waals surface area contributed by atoms with Crippen molar-refractivity contribution in [2.24, 2.45) is 5.73 Å². The second kappa shape index (κ2) is 6.34. The van der Waals surface area contributed by atoms with Crippen LogP contribution >= 0.6 is 0 Å². The molecule has 122 valence electrons. The fourth-order valence-electron chi connectivity index (χ4n) is 2.61. The summed E-state index contributed by atoms with van der Waals surface area (Å²) >= 11 is 0. The van der Waals surface area contributed by atoms with Crippen LogP contribution in [-0.4, -0.2) is 18.6 Å². The van der Waals surface area contributed by atoms with Gasteiger partial charge in [-0.3, -0.25) is 4.79 Å². The Balaban J connectivity index is 1.86. The van der Waals surface area contributed by atoms with Crippen LogP contribution in [0.5, 0.6) is 11.5 Å². The highest BCUT2D eigenvalue weighted by molar-refractivity contribution is 6.05. The monoisotopic (exact) mass is 316 g/mol. The molecule has 1 aromatic heterocycles. The van der Waals surface area contributed by atoms with E-state index in [2.05, 4.69) is 5.32 Å². The van der Waals surface area contributed by atoms with E-state index in [0.717, 1.165) is 17.7 Å². The quantitative estimate of drug-likeness (QED) is 0.885. The third kappa shape index (κ3) is 3.17. The lowest BCUT2D eigenvalue weighted by atomic mass is 10.1. The number of rotatable bonds is 5. The van der Waals surface area contributed by atoms with Gasteiger partial charge in [-0.15, -0.1) is 0 Å². The molecule has 1 aliphatic rings. The van der Waals surface area contributed by atoms with E-state index in [1.54, 1.807) is 6.07 Å². The Labute approximate surface area is 134 Å². The Bertz CT molecular complexity index is 723. The molecule has 1 aromatic carbocycles. The minimum absolute atomic E-state index is 0.131. The number of fused-ring (bicyclic) bond motifs is 1. The number of nitrogens with one attached hydrogen (secondary N) is 1. The molecule has 0 saturated carbocycles. The van der Waals surface area contributed by atoms with E-state index >= 15 is 0 Å². The SMILES string of the molecule is CCOc1cc2c(cc1NC(=O)c1coc(CN)c1)OC(C)C2. The lowest BCUT2D eigenvalue weighted by Gasteiger charge is -2.13. The molecule has 1 amide bonds. The normalized spacial score (nSPS) is 15.9. The second-order valence-electron chi connectivity index (χ2n) is 5.48. The van der Waals surface area contributed by atoms with Crippen LogP contribution < -0.4 is 20.5 Å². The number of furan rings is 1. The highest BCUT2D eigenvalue weighted by Crippen LogP contribution is 2.38. The number of carbonyl (C=O) groups excluding carboxylic acids is 1. The van der Waals surface area contributed by atoms with E-state index in [0.29, 0.717) is 29.4 Å². The molecular formula is C17H20N2O4. The Morgan fingerprint density at radius 3 is 2.96 bits per heavy atom. The molecule has 6 nitrogen and oxygen atoms in total. The van der Waals surface area contributed by atoms with Crippen LogP contribution in [0.2, 0.25) is 0 Å². The van der Waals surface area contributed by atoms with Crippen LogP contribution in [0.25, 0.3) is 0 Å². The van der Waals surface area contributed by atoms with Gasteiger partial charge in [0.05, 0.1) is 24.4 Å². The maximum atomic E-state index is 12.4. The van der Waals surface area contributed by atoms with Crippen molar-refractivity contribution in [1.82, 2.24) is 0 Å². The zero-order chi connectivity index (χ0) is 16.4. The molecule has 0 spiro atoms. The van der Waals surface area contributed by atoms with Crippen LogP contribution in [0.1, 0.15) is 35.5 Å². The van der Waals surface area contributed by atoms with Crippen molar-refractivity contribution < 1.29 is 18.7 Å². The predicted molar refractivity (Wildman–Crippen MR) is 86.0 cm³/mol. The van der Waals surface area contributed by atoms with Crippen LogP contribution in [0.15, 0.2) is 28.9 Å². The lowest BCUT2D eigenvalue weighted by molar-refractivity contribution is 0.102. The summed E-state index contributed by atoms with van der Waals surface area (Å²) in [6.45, 7) is 4.68. The summed E-state index contributed by atoms with van der Waals surface area (Å²) in [6.07, 6.45) is 2.36. The predicted octanol–water partition coefficient (Wildman–Crippen LogP) is 2.71. The smallest absolute Gasteiger partial charge is 0.259 e. The standard InChI is InChI=1S/C17H20N2O4/c1-3-21-16-6-11-4-10(2)23-15(11)7-14(16)19-17(20)12-5-13(8-18)22-9-12/h5-7,9-10H,3-4,8,18H2,1-2H3,(H,19,20). The van der Waals surface area contributed by atoms with Crippen molar-refractivity contribution in [3.05, 3.63) is 41.3 Å². The molecule has 0 radical (unpaired) electrons. The number of hydrogen-bond donors (Lipinski definition) is 2. The van der Waals surface area contributed by atoms with Crippen molar-refractivity contribution in [2.75, 3.05) is 11.9 Å². The van der Waals surface area contributed by atoms with E-state index in [9.17, 15) is 4.79 Å². The summed E-state index contributed by atoms with van der Waals surface area (Å²) in [4.78, 5) is 12.4. The van der Waals surface area contributed by atoms with Gasteiger partial charge in [-0.05, 0) is 26.0 Å². The van der Waals surface area contributed by atoms with Crippen LogP contribution in [-0.2, 0) is 13.0 Å². The fourth-order valence-corrected chi connectivity index (χ4v) is 2.61. The average Bonchev–Trinajstić information content (AvgIpc) is 3.13. The Morgan fingerprint density at radius 1 is 1.43 bits per heavy atom. The van der Waals surface area contributed by atoms with Gasteiger partial charge in [-0.2, -0.15) is 0 Å². The molecule has 0 aliphatic carbocycles. The van der Waals surface area contributed by atoms with E-state index in [4.69, 9.17) is 19.6 Å². The Morgan fingerprint density at radius 2 is 2.26 bits per heavy atom. The molecule has 0 saturated heterocycles. The number of anilines is 1. The highest BCUT2D eigenvalue weighted by Gasteiger charge is 2.23. The van der Waals surface area contributed by atoms with Gasteiger partial charge in [-0.1, -0.05) is 0 Å². The molecule has 23 heavy (non-hydrogen) atoms. The number of amides is 1. The minimum atomic E-state index is -0.277. The van der Waals surface area contributed by atoms with Gasteiger partial charge in [0.2, 0.25) is 0 Å². The van der Waals surface area contributed by atoms with Crippen molar-refractivity contribution in [2.45, 2.75) is 32.9 Å². The van der Waals surface area contributed by atoms with Crippen molar-refractivity contribution in [3.8, 4) is 11.5 Å². The van der Waals surface area contributed by atoms with E-state index in [-0.39, 0.29) is 18.6 Å². The van der Waals surface area contributed by atoms with Gasteiger partial charge in [0.1, 0.15) is 29.6 Å². The molecule has 2 aromatic rings. The maximum absolute atomic E-state index is 12.4. The number of benzene rings is 1. The molecular weight excluding hydrogens is 296 g/mol. The van der Waals surface area contributed by atoms with Gasteiger partial charge in [0, 0.05) is 18.1 Å². The van der Waals surface area contributed by atoms with Gasteiger partial charge in [0.15, 0.2) is 0 Å². The number of hydrogen-bond acceptors (Lipinski definition) is 5. The fraction of sp³-hybridized carbons (Fsp3) is 0.353. The first kappa shape index (κ1) is 15.4. The van der Waals surface area contributed by atoms with Crippen LogP contribution in [0, 0.1) is 0 Å². The molecule has 0 bridgehead atoms. The summed E-state index contributed by atoms with van der Waals surface area (Å²) in [5.74, 6) is 1.71. The molecule has 3 N–H and O–H groups in total. The van der Waals surface area contributed by atoms with E-state index < -0.39 is 0 Å². The third-order valence-corrected chi connectivity index (χ3v) is 3.66. The first-order chi connectivity index (χ1) is 11.1. The first-order valence-electron chi connectivity index (χ1n) is 7.66. The maximum Gasteiger partial charge on any atom is 0.259 e. The summed E-state index contributed by atoms with van der Waals surface area (Å²) in [7, 11) is 0. The third-order valence-electron chi connectivity index (χ3n) is 3.66. The summed E-state index contributed by atoms with van der Waals surface area (Å²) in [6, 6.07) is 5.37. The van der Waals surface area contributed by atoms with Gasteiger partial charge >= 0.3 is 0 Å². The largest absolute Gasteiger partial charge is 0.492 e. The van der Waals surface area contributed by atoms with Crippen molar-refractivity contribution in [3.63, 3.8) is 0 Å². The zero-order valence-corrected chi connectivity index (χ0v) is 13.2. The van der Waals surface area contributed by atoms with Gasteiger partial charge < -0.3 is 24.9 Å². The summed E-state index contributed by atoms with van der Waals surface area (Å²) in [5.41, 5.74) is 7.59. The number of nitrogens with two attached hydrogens (primary N) is 1.